The Balaban J connectivity index is 1.37. The van der Waals surface area contributed by atoms with Gasteiger partial charge in [0.25, 0.3) is 0 Å². The molecule has 0 bridgehead atoms. The van der Waals surface area contributed by atoms with Gasteiger partial charge in [-0.05, 0) is 36.5 Å². The zero-order valence-electron chi connectivity index (χ0n) is 15.5. The number of aromatic nitrogens is 1. The number of likely N-dealkylation sites (tertiary alicyclic amines) is 1. The average Bonchev–Trinajstić information content (AvgIpc) is 2.75. The molecule has 2 amide bonds. The molecule has 0 radical (unpaired) electrons. The van der Waals surface area contributed by atoms with E-state index in [9.17, 15) is 4.79 Å². The highest BCUT2D eigenvalue weighted by atomic mass is 16.5. The van der Waals surface area contributed by atoms with Gasteiger partial charge >= 0.3 is 6.03 Å². The standard InChI is InChI=1S/C21H26N4O2/c26-21(25-11-8-18(9-12-25)17-5-2-1-3-6-17)23-19-7-4-10-22-20(19)24-13-15-27-16-14-24/h1-7,10,18H,8-9,11-16H2,(H,23,26). The Hall–Kier alpha value is -2.60. The summed E-state index contributed by atoms with van der Waals surface area (Å²) < 4.78 is 5.42. The number of hydrogen-bond acceptors (Lipinski definition) is 4. The molecule has 1 aromatic carbocycles. The van der Waals surface area contributed by atoms with Crippen molar-refractivity contribution in [1.29, 1.82) is 0 Å². The highest BCUT2D eigenvalue weighted by Crippen LogP contribution is 2.29. The van der Waals surface area contributed by atoms with E-state index in [4.69, 9.17) is 4.74 Å². The molecule has 4 rings (SSSR count). The molecule has 27 heavy (non-hydrogen) atoms. The SMILES string of the molecule is O=C(Nc1cccnc1N1CCOCC1)N1CCC(c2ccccc2)CC1. The molecule has 1 aromatic heterocycles. The fraction of sp³-hybridized carbons (Fsp3) is 0.429. The number of carbonyl (C=O) groups is 1. The number of carbonyl (C=O) groups excluding carboxylic acids is 1. The Morgan fingerprint density at radius 3 is 2.48 bits per heavy atom. The fourth-order valence-corrected chi connectivity index (χ4v) is 3.86. The Kier molecular flexibility index (Phi) is 5.53. The van der Waals surface area contributed by atoms with E-state index in [1.807, 2.05) is 23.1 Å². The Labute approximate surface area is 160 Å². The average molecular weight is 366 g/mol. The van der Waals surface area contributed by atoms with Gasteiger partial charge in [0.1, 0.15) is 0 Å². The van der Waals surface area contributed by atoms with Crippen LogP contribution < -0.4 is 10.2 Å². The van der Waals surface area contributed by atoms with Gasteiger partial charge in [-0.3, -0.25) is 0 Å². The van der Waals surface area contributed by atoms with E-state index in [0.29, 0.717) is 19.1 Å². The van der Waals surface area contributed by atoms with Crippen LogP contribution in [-0.4, -0.2) is 55.3 Å². The summed E-state index contributed by atoms with van der Waals surface area (Å²) in [4.78, 5) is 21.4. The quantitative estimate of drug-likeness (QED) is 0.905. The van der Waals surface area contributed by atoms with Gasteiger partial charge in [0.2, 0.25) is 0 Å². The van der Waals surface area contributed by atoms with Gasteiger partial charge in [-0.15, -0.1) is 0 Å². The summed E-state index contributed by atoms with van der Waals surface area (Å²) in [6.45, 7) is 4.52. The number of anilines is 2. The van der Waals surface area contributed by atoms with Crippen molar-refractivity contribution in [2.45, 2.75) is 18.8 Å². The molecule has 0 unspecified atom stereocenters. The molecule has 142 valence electrons. The third-order valence-electron chi connectivity index (χ3n) is 5.39. The van der Waals surface area contributed by atoms with E-state index in [-0.39, 0.29) is 6.03 Å². The molecule has 6 heteroatoms. The Bertz CT molecular complexity index is 754. The molecular weight excluding hydrogens is 340 g/mol. The van der Waals surface area contributed by atoms with E-state index < -0.39 is 0 Å². The van der Waals surface area contributed by atoms with E-state index in [2.05, 4.69) is 39.5 Å². The minimum Gasteiger partial charge on any atom is -0.378 e. The van der Waals surface area contributed by atoms with Crippen LogP contribution in [0.3, 0.4) is 0 Å². The smallest absolute Gasteiger partial charge is 0.321 e. The van der Waals surface area contributed by atoms with Gasteiger partial charge in [0, 0.05) is 32.4 Å². The molecule has 0 atom stereocenters. The molecule has 2 saturated heterocycles. The van der Waals surface area contributed by atoms with Crippen LogP contribution in [0.2, 0.25) is 0 Å². The van der Waals surface area contributed by atoms with Crippen molar-refractivity contribution in [3.63, 3.8) is 0 Å². The van der Waals surface area contributed by atoms with E-state index >= 15 is 0 Å². The third kappa shape index (κ3) is 4.22. The first-order valence-corrected chi connectivity index (χ1v) is 9.70. The number of nitrogens with one attached hydrogen (secondary N) is 1. The summed E-state index contributed by atoms with van der Waals surface area (Å²) >= 11 is 0. The minimum absolute atomic E-state index is 0.0379. The lowest BCUT2D eigenvalue weighted by Crippen LogP contribution is -2.41. The number of ether oxygens (including phenoxy) is 1. The highest BCUT2D eigenvalue weighted by Gasteiger charge is 2.25. The van der Waals surface area contributed by atoms with E-state index in [1.54, 1.807) is 6.20 Å². The lowest BCUT2D eigenvalue weighted by molar-refractivity contribution is 0.122. The maximum absolute atomic E-state index is 12.8. The molecule has 1 N–H and O–H groups in total. The summed E-state index contributed by atoms with van der Waals surface area (Å²) in [5.41, 5.74) is 2.15. The van der Waals surface area contributed by atoms with Crippen LogP contribution in [0, 0.1) is 0 Å². The van der Waals surface area contributed by atoms with Crippen molar-refractivity contribution in [2.24, 2.45) is 0 Å². The zero-order chi connectivity index (χ0) is 18.5. The molecule has 0 spiro atoms. The normalized spacial score (nSPS) is 18.4. The summed E-state index contributed by atoms with van der Waals surface area (Å²) in [5, 5.41) is 3.07. The maximum Gasteiger partial charge on any atom is 0.321 e. The number of morpholine rings is 1. The summed E-state index contributed by atoms with van der Waals surface area (Å²) in [6.07, 6.45) is 3.77. The van der Waals surface area contributed by atoms with Gasteiger partial charge in [-0.25, -0.2) is 9.78 Å². The van der Waals surface area contributed by atoms with Crippen LogP contribution in [0.4, 0.5) is 16.3 Å². The molecule has 2 aromatic rings. The monoisotopic (exact) mass is 366 g/mol. The first-order valence-electron chi connectivity index (χ1n) is 9.70. The van der Waals surface area contributed by atoms with Crippen LogP contribution >= 0.6 is 0 Å². The van der Waals surface area contributed by atoms with Crippen molar-refractivity contribution in [1.82, 2.24) is 9.88 Å². The lowest BCUT2D eigenvalue weighted by atomic mass is 9.90. The molecule has 3 heterocycles. The van der Waals surface area contributed by atoms with Gasteiger partial charge in [0.15, 0.2) is 5.82 Å². The number of hydrogen-bond donors (Lipinski definition) is 1. The number of nitrogens with zero attached hydrogens (tertiary/aromatic N) is 3. The second-order valence-corrected chi connectivity index (χ2v) is 7.08. The van der Waals surface area contributed by atoms with Crippen molar-refractivity contribution in [3.8, 4) is 0 Å². The molecule has 2 aliphatic rings. The second-order valence-electron chi connectivity index (χ2n) is 7.08. The summed E-state index contributed by atoms with van der Waals surface area (Å²) in [7, 11) is 0. The van der Waals surface area contributed by atoms with Crippen LogP contribution in [0.5, 0.6) is 0 Å². The van der Waals surface area contributed by atoms with Crippen LogP contribution in [-0.2, 0) is 4.74 Å². The molecule has 6 nitrogen and oxygen atoms in total. The van der Waals surface area contributed by atoms with Crippen molar-refractivity contribution < 1.29 is 9.53 Å². The first-order chi connectivity index (χ1) is 13.3. The van der Waals surface area contributed by atoms with Gasteiger partial charge < -0.3 is 19.9 Å². The summed E-state index contributed by atoms with van der Waals surface area (Å²) in [6, 6.07) is 14.3. The van der Waals surface area contributed by atoms with Crippen LogP contribution in [0.1, 0.15) is 24.3 Å². The number of amides is 2. The van der Waals surface area contributed by atoms with Crippen molar-refractivity contribution in [2.75, 3.05) is 49.6 Å². The van der Waals surface area contributed by atoms with E-state index in [1.165, 1.54) is 5.56 Å². The highest BCUT2D eigenvalue weighted by molar-refractivity contribution is 5.92. The minimum atomic E-state index is -0.0379. The number of rotatable bonds is 3. The number of urea groups is 1. The van der Waals surface area contributed by atoms with Gasteiger partial charge in [-0.1, -0.05) is 30.3 Å². The predicted octanol–water partition coefficient (Wildman–Crippen LogP) is 3.33. The number of benzene rings is 1. The van der Waals surface area contributed by atoms with Crippen molar-refractivity contribution in [3.05, 3.63) is 54.2 Å². The number of pyridine rings is 1. The third-order valence-corrected chi connectivity index (χ3v) is 5.39. The topological polar surface area (TPSA) is 57.7 Å². The Morgan fingerprint density at radius 1 is 1.00 bits per heavy atom. The maximum atomic E-state index is 12.8. The molecular formula is C21H26N4O2. The first kappa shape index (κ1) is 17.8. The second kappa shape index (κ2) is 8.39. The number of piperidine rings is 1. The fourth-order valence-electron chi connectivity index (χ4n) is 3.86. The molecule has 2 fully saturated rings. The van der Waals surface area contributed by atoms with Gasteiger partial charge in [0.05, 0.1) is 18.9 Å². The molecule has 2 aliphatic heterocycles. The molecule has 0 aliphatic carbocycles. The van der Waals surface area contributed by atoms with Gasteiger partial charge in [-0.2, -0.15) is 0 Å². The van der Waals surface area contributed by atoms with Crippen molar-refractivity contribution >= 4 is 17.5 Å². The largest absolute Gasteiger partial charge is 0.378 e. The lowest BCUT2D eigenvalue weighted by Gasteiger charge is -2.33. The molecule has 0 saturated carbocycles. The van der Waals surface area contributed by atoms with Crippen LogP contribution in [0.15, 0.2) is 48.7 Å². The van der Waals surface area contributed by atoms with Crippen LogP contribution in [0.25, 0.3) is 0 Å². The van der Waals surface area contributed by atoms with E-state index in [0.717, 1.165) is 50.5 Å². The Morgan fingerprint density at radius 2 is 1.74 bits per heavy atom. The summed E-state index contributed by atoms with van der Waals surface area (Å²) in [5.74, 6) is 1.37. The predicted molar refractivity (Wildman–Crippen MR) is 106 cm³/mol. The zero-order valence-corrected chi connectivity index (χ0v) is 15.5.